The summed E-state index contributed by atoms with van der Waals surface area (Å²) in [4.78, 5) is 2.34. The molecule has 3 unspecified atom stereocenters. The minimum absolute atomic E-state index is 0.373. The highest BCUT2D eigenvalue weighted by Crippen LogP contribution is 2.10. The molecule has 1 saturated heterocycles. The molecule has 0 spiro atoms. The Bertz CT molecular complexity index is 187. The van der Waals surface area contributed by atoms with Crippen LogP contribution in [0.2, 0.25) is 0 Å². The fourth-order valence-corrected chi connectivity index (χ4v) is 2.18. The Morgan fingerprint density at radius 2 is 2.19 bits per heavy atom. The largest absolute Gasteiger partial charge is 0.374 e. The Balaban J connectivity index is 2.13. The molecule has 0 bridgehead atoms. The Labute approximate surface area is 101 Å². The van der Waals surface area contributed by atoms with Crippen LogP contribution in [-0.4, -0.2) is 50.3 Å². The molecule has 3 atom stereocenters. The van der Waals surface area contributed by atoms with E-state index in [1.54, 1.807) is 0 Å². The molecule has 16 heavy (non-hydrogen) atoms. The van der Waals surface area contributed by atoms with Crippen LogP contribution < -0.4 is 5.32 Å². The number of hydrogen-bond donors (Lipinski definition) is 1. The van der Waals surface area contributed by atoms with Gasteiger partial charge in [-0.2, -0.15) is 0 Å². The normalized spacial score (nSPS) is 26.6. The van der Waals surface area contributed by atoms with Crippen molar-refractivity contribution in [2.24, 2.45) is 5.92 Å². The van der Waals surface area contributed by atoms with Crippen LogP contribution in [0.25, 0.3) is 0 Å². The summed E-state index contributed by atoms with van der Waals surface area (Å²) in [6.45, 7) is 10.9. The summed E-state index contributed by atoms with van der Waals surface area (Å²) in [5.74, 6) is 0.817. The van der Waals surface area contributed by atoms with E-state index in [4.69, 9.17) is 4.74 Å². The molecule has 3 nitrogen and oxygen atoms in total. The molecular weight excluding hydrogens is 200 g/mol. The zero-order chi connectivity index (χ0) is 12.0. The number of likely N-dealkylation sites (N-methyl/N-ethyl adjacent to an activating group) is 1. The number of nitrogens with zero attached hydrogens (tertiary/aromatic N) is 1. The predicted octanol–water partition coefficient (Wildman–Crippen LogP) is 1.73. The third-order valence-corrected chi connectivity index (χ3v) is 3.49. The average molecular weight is 228 g/mol. The SMILES string of the molecule is CCC(C)CC(C)NCC1CN(C)CCO1. The first-order chi connectivity index (χ1) is 7.61. The minimum Gasteiger partial charge on any atom is -0.374 e. The van der Waals surface area contributed by atoms with E-state index in [0.29, 0.717) is 12.1 Å². The molecule has 1 rings (SSSR count). The molecule has 1 fully saturated rings. The molecule has 0 aliphatic carbocycles. The van der Waals surface area contributed by atoms with Crippen LogP contribution in [0, 0.1) is 5.92 Å². The summed E-state index contributed by atoms with van der Waals surface area (Å²) in [6, 6.07) is 0.603. The first kappa shape index (κ1) is 13.9. The molecule has 96 valence electrons. The van der Waals surface area contributed by atoms with Crippen LogP contribution in [0.4, 0.5) is 0 Å². The van der Waals surface area contributed by atoms with Crippen molar-refractivity contribution in [2.75, 3.05) is 33.3 Å². The van der Waals surface area contributed by atoms with Gasteiger partial charge in [-0.05, 0) is 26.3 Å². The lowest BCUT2D eigenvalue weighted by Gasteiger charge is -2.31. The first-order valence-corrected chi connectivity index (χ1v) is 6.65. The quantitative estimate of drug-likeness (QED) is 0.749. The predicted molar refractivity (Wildman–Crippen MR) is 68.8 cm³/mol. The van der Waals surface area contributed by atoms with Gasteiger partial charge in [0, 0.05) is 25.7 Å². The molecule has 0 aromatic rings. The van der Waals surface area contributed by atoms with Gasteiger partial charge in [0.1, 0.15) is 0 Å². The van der Waals surface area contributed by atoms with E-state index >= 15 is 0 Å². The highest BCUT2D eigenvalue weighted by atomic mass is 16.5. The van der Waals surface area contributed by atoms with Crippen molar-refractivity contribution in [3.63, 3.8) is 0 Å². The van der Waals surface area contributed by atoms with Gasteiger partial charge in [-0.25, -0.2) is 0 Å². The van der Waals surface area contributed by atoms with E-state index in [-0.39, 0.29) is 0 Å². The smallest absolute Gasteiger partial charge is 0.0826 e. The lowest BCUT2D eigenvalue weighted by atomic mass is 10.0. The van der Waals surface area contributed by atoms with E-state index < -0.39 is 0 Å². The third kappa shape index (κ3) is 5.28. The summed E-state index contributed by atoms with van der Waals surface area (Å²) in [5, 5.41) is 3.59. The standard InChI is InChI=1S/C13H28N2O/c1-5-11(2)8-12(3)14-9-13-10-15(4)6-7-16-13/h11-14H,5-10H2,1-4H3. The number of hydrogen-bond acceptors (Lipinski definition) is 3. The molecule has 1 aliphatic rings. The molecule has 0 saturated carbocycles. The maximum absolute atomic E-state index is 5.73. The molecule has 3 heteroatoms. The van der Waals surface area contributed by atoms with Crippen LogP contribution >= 0.6 is 0 Å². The minimum atomic E-state index is 0.373. The van der Waals surface area contributed by atoms with Gasteiger partial charge in [-0.15, -0.1) is 0 Å². The molecule has 0 radical (unpaired) electrons. The first-order valence-electron chi connectivity index (χ1n) is 6.65. The highest BCUT2D eigenvalue weighted by Gasteiger charge is 2.18. The van der Waals surface area contributed by atoms with Crippen molar-refractivity contribution in [3.05, 3.63) is 0 Å². The summed E-state index contributed by atoms with van der Waals surface area (Å²) in [7, 11) is 2.16. The van der Waals surface area contributed by atoms with Crippen LogP contribution in [0.15, 0.2) is 0 Å². The molecule has 0 aromatic heterocycles. The molecule has 0 amide bonds. The maximum atomic E-state index is 5.73. The van der Waals surface area contributed by atoms with Crippen LogP contribution in [-0.2, 0) is 4.74 Å². The van der Waals surface area contributed by atoms with Gasteiger partial charge in [0.05, 0.1) is 12.7 Å². The second kappa shape index (κ2) is 7.25. The van der Waals surface area contributed by atoms with Crippen LogP contribution in [0.3, 0.4) is 0 Å². The van der Waals surface area contributed by atoms with E-state index in [1.165, 1.54) is 12.8 Å². The van der Waals surface area contributed by atoms with Gasteiger partial charge in [0.25, 0.3) is 0 Å². The number of ether oxygens (including phenoxy) is 1. The number of rotatable bonds is 6. The maximum Gasteiger partial charge on any atom is 0.0826 e. The third-order valence-electron chi connectivity index (χ3n) is 3.49. The van der Waals surface area contributed by atoms with Crippen LogP contribution in [0.5, 0.6) is 0 Å². The molecule has 0 aromatic carbocycles. The zero-order valence-electron chi connectivity index (χ0n) is 11.3. The highest BCUT2D eigenvalue weighted by molar-refractivity contribution is 4.73. The zero-order valence-corrected chi connectivity index (χ0v) is 11.3. The van der Waals surface area contributed by atoms with Crippen molar-refractivity contribution in [1.82, 2.24) is 10.2 Å². The Hall–Kier alpha value is -0.120. The second-order valence-electron chi connectivity index (χ2n) is 5.31. The van der Waals surface area contributed by atoms with Gasteiger partial charge < -0.3 is 15.0 Å². The van der Waals surface area contributed by atoms with E-state index in [2.05, 4.69) is 38.0 Å². The van der Waals surface area contributed by atoms with Crippen molar-refractivity contribution in [3.8, 4) is 0 Å². The summed E-state index contributed by atoms with van der Waals surface area (Å²) >= 11 is 0. The van der Waals surface area contributed by atoms with Crippen molar-refractivity contribution in [2.45, 2.75) is 45.8 Å². The van der Waals surface area contributed by atoms with Gasteiger partial charge in [-0.1, -0.05) is 20.3 Å². The Morgan fingerprint density at radius 3 is 2.81 bits per heavy atom. The van der Waals surface area contributed by atoms with Gasteiger partial charge in [0.2, 0.25) is 0 Å². The molecule has 1 aliphatic heterocycles. The van der Waals surface area contributed by atoms with E-state index in [1.807, 2.05) is 0 Å². The summed E-state index contributed by atoms with van der Waals surface area (Å²) in [5.41, 5.74) is 0. The van der Waals surface area contributed by atoms with Crippen molar-refractivity contribution in [1.29, 1.82) is 0 Å². The number of nitrogens with one attached hydrogen (secondary N) is 1. The van der Waals surface area contributed by atoms with Gasteiger partial charge in [0.15, 0.2) is 0 Å². The lowest BCUT2D eigenvalue weighted by Crippen LogP contribution is -2.46. The van der Waals surface area contributed by atoms with Crippen molar-refractivity contribution >= 4 is 0 Å². The topological polar surface area (TPSA) is 24.5 Å². The fourth-order valence-electron chi connectivity index (χ4n) is 2.18. The lowest BCUT2D eigenvalue weighted by molar-refractivity contribution is -0.0193. The van der Waals surface area contributed by atoms with Gasteiger partial charge in [-0.3, -0.25) is 0 Å². The number of morpholine rings is 1. The molecule has 1 heterocycles. The van der Waals surface area contributed by atoms with Crippen LogP contribution in [0.1, 0.15) is 33.6 Å². The van der Waals surface area contributed by atoms with E-state index in [0.717, 1.165) is 32.2 Å². The monoisotopic (exact) mass is 228 g/mol. The average Bonchev–Trinajstić information content (AvgIpc) is 2.26. The fraction of sp³-hybridized carbons (Fsp3) is 1.00. The van der Waals surface area contributed by atoms with Gasteiger partial charge >= 0.3 is 0 Å². The summed E-state index contributed by atoms with van der Waals surface area (Å²) < 4.78 is 5.73. The molecular formula is C13H28N2O. The van der Waals surface area contributed by atoms with Crippen molar-refractivity contribution < 1.29 is 4.74 Å². The Kier molecular flexibility index (Phi) is 6.32. The van der Waals surface area contributed by atoms with E-state index in [9.17, 15) is 0 Å². The Morgan fingerprint density at radius 1 is 1.44 bits per heavy atom. The second-order valence-corrected chi connectivity index (χ2v) is 5.31. The molecule has 1 N–H and O–H groups in total. The summed E-state index contributed by atoms with van der Waals surface area (Å²) in [6.07, 6.45) is 2.91.